The number of fused-ring (bicyclic) bond motifs is 1. The standard InChI is InChI=1S/C23H16N4/c1-4-10-17(11-5-1)21-20-16-24-27(19-14-8-3-9-15-19)23(20)26-22(25-21)18-12-6-2-7-13-18/h1-16H. The van der Waals surface area contributed by atoms with Crippen molar-refractivity contribution < 1.29 is 0 Å². The summed E-state index contributed by atoms with van der Waals surface area (Å²) in [4.78, 5) is 9.74. The molecule has 0 bridgehead atoms. The van der Waals surface area contributed by atoms with Gasteiger partial charge in [-0.1, -0.05) is 78.9 Å². The van der Waals surface area contributed by atoms with Crippen LogP contribution in [0.3, 0.4) is 0 Å². The smallest absolute Gasteiger partial charge is 0.167 e. The molecule has 0 unspecified atom stereocenters. The van der Waals surface area contributed by atoms with Gasteiger partial charge in [-0.2, -0.15) is 5.10 Å². The molecular formula is C23H16N4. The molecule has 0 aliphatic rings. The van der Waals surface area contributed by atoms with Gasteiger partial charge in [0.05, 0.1) is 23.0 Å². The Kier molecular flexibility index (Phi) is 3.72. The van der Waals surface area contributed by atoms with E-state index in [1.165, 1.54) is 0 Å². The number of hydrogen-bond donors (Lipinski definition) is 0. The lowest BCUT2D eigenvalue weighted by molar-refractivity contribution is 0.896. The van der Waals surface area contributed by atoms with Crippen molar-refractivity contribution in [1.29, 1.82) is 0 Å². The highest BCUT2D eigenvalue weighted by Crippen LogP contribution is 2.29. The highest BCUT2D eigenvalue weighted by Gasteiger charge is 2.16. The van der Waals surface area contributed by atoms with Crippen molar-refractivity contribution >= 4 is 11.0 Å². The summed E-state index contributed by atoms with van der Waals surface area (Å²) in [6.07, 6.45) is 1.85. The van der Waals surface area contributed by atoms with Crippen molar-refractivity contribution in [3.05, 3.63) is 97.2 Å². The number of aromatic nitrogens is 4. The summed E-state index contributed by atoms with van der Waals surface area (Å²) in [6, 6.07) is 30.3. The van der Waals surface area contributed by atoms with E-state index >= 15 is 0 Å². The van der Waals surface area contributed by atoms with Crippen molar-refractivity contribution in [3.8, 4) is 28.3 Å². The van der Waals surface area contributed by atoms with Crippen LogP contribution in [0.15, 0.2) is 97.2 Å². The second-order valence-electron chi connectivity index (χ2n) is 6.26. The first-order valence-corrected chi connectivity index (χ1v) is 8.82. The largest absolute Gasteiger partial charge is 0.227 e. The van der Waals surface area contributed by atoms with Crippen molar-refractivity contribution in [2.24, 2.45) is 0 Å². The third-order valence-electron chi connectivity index (χ3n) is 4.51. The molecule has 0 fully saturated rings. The molecule has 2 heterocycles. The third kappa shape index (κ3) is 2.77. The fourth-order valence-electron chi connectivity index (χ4n) is 3.20. The van der Waals surface area contributed by atoms with Crippen LogP contribution in [0.5, 0.6) is 0 Å². The zero-order chi connectivity index (χ0) is 18.1. The Morgan fingerprint density at radius 1 is 0.593 bits per heavy atom. The van der Waals surface area contributed by atoms with E-state index in [2.05, 4.69) is 17.2 Å². The Hall–Kier alpha value is -3.79. The molecule has 5 aromatic rings. The molecule has 0 N–H and O–H groups in total. The van der Waals surface area contributed by atoms with E-state index in [0.29, 0.717) is 5.82 Å². The lowest BCUT2D eigenvalue weighted by atomic mass is 10.1. The second-order valence-corrected chi connectivity index (χ2v) is 6.26. The fourth-order valence-corrected chi connectivity index (χ4v) is 3.20. The average Bonchev–Trinajstić information content (AvgIpc) is 3.19. The lowest BCUT2D eigenvalue weighted by Gasteiger charge is -2.08. The van der Waals surface area contributed by atoms with Crippen LogP contribution in [0, 0.1) is 0 Å². The summed E-state index contributed by atoms with van der Waals surface area (Å²) in [5.41, 5.74) is 4.70. The van der Waals surface area contributed by atoms with Crippen LogP contribution in [0.25, 0.3) is 39.4 Å². The molecule has 0 aliphatic carbocycles. The molecule has 0 atom stereocenters. The van der Waals surface area contributed by atoms with Gasteiger partial charge in [0, 0.05) is 11.1 Å². The molecule has 5 rings (SSSR count). The number of rotatable bonds is 3. The van der Waals surface area contributed by atoms with Gasteiger partial charge < -0.3 is 0 Å². The number of hydrogen-bond acceptors (Lipinski definition) is 3. The molecule has 0 saturated heterocycles. The minimum absolute atomic E-state index is 0.694. The molecule has 0 radical (unpaired) electrons. The highest BCUT2D eigenvalue weighted by molar-refractivity contribution is 5.92. The van der Waals surface area contributed by atoms with Gasteiger partial charge in [0.2, 0.25) is 0 Å². The van der Waals surface area contributed by atoms with Crippen LogP contribution in [-0.2, 0) is 0 Å². The van der Waals surface area contributed by atoms with Gasteiger partial charge in [-0.05, 0) is 12.1 Å². The second kappa shape index (κ2) is 6.50. The monoisotopic (exact) mass is 348 g/mol. The Bertz CT molecular complexity index is 1200. The maximum Gasteiger partial charge on any atom is 0.167 e. The van der Waals surface area contributed by atoms with Gasteiger partial charge in [0.1, 0.15) is 0 Å². The molecular weight excluding hydrogens is 332 g/mol. The summed E-state index contributed by atoms with van der Waals surface area (Å²) in [5, 5.41) is 5.54. The van der Waals surface area contributed by atoms with Gasteiger partial charge in [-0.15, -0.1) is 0 Å². The molecule has 0 spiro atoms. The van der Waals surface area contributed by atoms with Gasteiger partial charge >= 0.3 is 0 Å². The summed E-state index contributed by atoms with van der Waals surface area (Å²) in [6.45, 7) is 0. The van der Waals surface area contributed by atoms with E-state index < -0.39 is 0 Å². The summed E-state index contributed by atoms with van der Waals surface area (Å²) in [7, 11) is 0. The van der Waals surface area contributed by atoms with E-state index in [9.17, 15) is 0 Å². The average molecular weight is 348 g/mol. The Balaban J connectivity index is 1.82. The maximum absolute atomic E-state index is 4.88. The van der Waals surface area contributed by atoms with Crippen LogP contribution in [0.4, 0.5) is 0 Å². The SMILES string of the molecule is c1ccc(-c2nc(-c3ccccc3)c3cnn(-c4ccccc4)c3n2)cc1. The van der Waals surface area contributed by atoms with E-state index in [0.717, 1.165) is 33.5 Å². The quantitative estimate of drug-likeness (QED) is 0.453. The summed E-state index contributed by atoms with van der Waals surface area (Å²) < 4.78 is 1.87. The molecule has 3 aromatic carbocycles. The molecule has 4 nitrogen and oxygen atoms in total. The summed E-state index contributed by atoms with van der Waals surface area (Å²) in [5.74, 6) is 0.694. The van der Waals surface area contributed by atoms with Crippen LogP contribution in [0.1, 0.15) is 0 Å². The van der Waals surface area contributed by atoms with Crippen LogP contribution < -0.4 is 0 Å². The van der Waals surface area contributed by atoms with Crippen LogP contribution >= 0.6 is 0 Å². The normalized spacial score (nSPS) is 11.0. The third-order valence-corrected chi connectivity index (χ3v) is 4.51. The Labute approximate surface area is 156 Å². The maximum atomic E-state index is 4.88. The zero-order valence-electron chi connectivity index (χ0n) is 14.5. The van der Waals surface area contributed by atoms with E-state index in [4.69, 9.17) is 9.97 Å². The molecule has 0 saturated carbocycles. The predicted molar refractivity (Wildman–Crippen MR) is 108 cm³/mol. The zero-order valence-corrected chi connectivity index (χ0v) is 14.5. The summed E-state index contributed by atoms with van der Waals surface area (Å²) >= 11 is 0. The van der Waals surface area contributed by atoms with Crippen LogP contribution in [-0.4, -0.2) is 19.7 Å². The van der Waals surface area contributed by atoms with Crippen molar-refractivity contribution in [1.82, 2.24) is 19.7 Å². The minimum Gasteiger partial charge on any atom is -0.227 e. The predicted octanol–water partition coefficient (Wildman–Crippen LogP) is 5.15. The molecule has 0 aliphatic heterocycles. The number of benzene rings is 3. The van der Waals surface area contributed by atoms with Gasteiger partial charge in [0.25, 0.3) is 0 Å². The molecule has 0 amide bonds. The van der Waals surface area contributed by atoms with E-state index in [-0.39, 0.29) is 0 Å². The minimum atomic E-state index is 0.694. The van der Waals surface area contributed by atoms with Crippen LogP contribution in [0.2, 0.25) is 0 Å². The Morgan fingerprint density at radius 2 is 1.19 bits per heavy atom. The van der Waals surface area contributed by atoms with Gasteiger partial charge in [-0.3, -0.25) is 0 Å². The lowest BCUT2D eigenvalue weighted by Crippen LogP contribution is -2.00. The first kappa shape index (κ1) is 15.5. The molecule has 27 heavy (non-hydrogen) atoms. The van der Waals surface area contributed by atoms with Crippen molar-refractivity contribution in [2.45, 2.75) is 0 Å². The van der Waals surface area contributed by atoms with Gasteiger partial charge in [-0.25, -0.2) is 14.6 Å². The fraction of sp³-hybridized carbons (Fsp3) is 0. The molecule has 4 heteroatoms. The number of para-hydroxylation sites is 1. The first-order valence-electron chi connectivity index (χ1n) is 8.82. The molecule has 128 valence electrons. The van der Waals surface area contributed by atoms with E-state index in [1.54, 1.807) is 0 Å². The highest BCUT2D eigenvalue weighted by atomic mass is 15.3. The van der Waals surface area contributed by atoms with Gasteiger partial charge in [0.15, 0.2) is 11.5 Å². The molecule has 2 aromatic heterocycles. The number of nitrogens with zero attached hydrogens (tertiary/aromatic N) is 4. The van der Waals surface area contributed by atoms with Crippen molar-refractivity contribution in [2.75, 3.05) is 0 Å². The topological polar surface area (TPSA) is 43.6 Å². The Morgan fingerprint density at radius 3 is 1.85 bits per heavy atom. The first-order chi connectivity index (χ1) is 13.4. The van der Waals surface area contributed by atoms with E-state index in [1.807, 2.05) is 89.7 Å². The van der Waals surface area contributed by atoms with Crippen molar-refractivity contribution in [3.63, 3.8) is 0 Å².